The van der Waals surface area contributed by atoms with Gasteiger partial charge in [-0.3, -0.25) is 5.10 Å². The van der Waals surface area contributed by atoms with Crippen molar-refractivity contribution in [3.63, 3.8) is 0 Å². The maximum absolute atomic E-state index is 13.3. The molecule has 1 atom stereocenters. The second-order valence-corrected chi connectivity index (χ2v) is 6.93. The quantitative estimate of drug-likeness (QED) is 0.736. The lowest BCUT2D eigenvalue weighted by molar-refractivity contribution is 0.498. The summed E-state index contributed by atoms with van der Waals surface area (Å²) in [5.41, 5.74) is 4.06. The lowest BCUT2D eigenvalue weighted by atomic mass is 9.90. The summed E-state index contributed by atoms with van der Waals surface area (Å²) in [5, 5.41) is 10.5. The van der Waals surface area contributed by atoms with Crippen LogP contribution in [0.25, 0.3) is 11.1 Å². The summed E-state index contributed by atoms with van der Waals surface area (Å²) in [6.45, 7) is 3.81. The first kappa shape index (κ1) is 17.5. The number of rotatable bonds is 4. The molecule has 1 aliphatic heterocycles. The van der Waals surface area contributed by atoms with Gasteiger partial charge >= 0.3 is 0 Å². The Balaban J connectivity index is 1.60. The van der Waals surface area contributed by atoms with Crippen molar-refractivity contribution >= 4 is 11.8 Å². The van der Waals surface area contributed by atoms with E-state index in [0.29, 0.717) is 11.9 Å². The Morgan fingerprint density at radius 2 is 2.04 bits per heavy atom. The van der Waals surface area contributed by atoms with Crippen LogP contribution in [0, 0.1) is 12.7 Å². The predicted molar refractivity (Wildman–Crippen MR) is 104 cm³/mol. The van der Waals surface area contributed by atoms with E-state index in [4.69, 9.17) is 0 Å². The largest absolute Gasteiger partial charge is 0.357 e. The van der Waals surface area contributed by atoms with E-state index in [1.807, 2.05) is 26.2 Å². The number of benzene rings is 1. The summed E-state index contributed by atoms with van der Waals surface area (Å²) in [7, 11) is 1.83. The molecule has 0 aliphatic carbocycles. The molecular formula is C20H23FN6. The molecule has 140 valence electrons. The van der Waals surface area contributed by atoms with Gasteiger partial charge in [0.2, 0.25) is 5.95 Å². The summed E-state index contributed by atoms with van der Waals surface area (Å²) in [5.74, 6) is 1.67. The average molecular weight is 366 g/mol. The van der Waals surface area contributed by atoms with Crippen molar-refractivity contribution in [3.8, 4) is 11.1 Å². The van der Waals surface area contributed by atoms with Crippen LogP contribution in [0.4, 0.5) is 16.2 Å². The Hall–Kier alpha value is -2.96. The van der Waals surface area contributed by atoms with E-state index in [2.05, 4.69) is 30.4 Å². The Bertz CT molecular complexity index is 920. The highest BCUT2D eigenvalue weighted by Gasteiger charge is 2.26. The van der Waals surface area contributed by atoms with Crippen LogP contribution in [0.3, 0.4) is 0 Å². The van der Waals surface area contributed by atoms with Crippen molar-refractivity contribution in [2.24, 2.45) is 0 Å². The van der Waals surface area contributed by atoms with Crippen LogP contribution in [0.15, 0.2) is 36.5 Å². The highest BCUT2D eigenvalue weighted by Crippen LogP contribution is 2.34. The summed E-state index contributed by atoms with van der Waals surface area (Å²) >= 11 is 0. The van der Waals surface area contributed by atoms with Gasteiger partial charge in [-0.2, -0.15) is 10.1 Å². The predicted octanol–water partition coefficient (Wildman–Crippen LogP) is 3.74. The molecule has 1 saturated heterocycles. The van der Waals surface area contributed by atoms with Gasteiger partial charge in [0.1, 0.15) is 11.6 Å². The maximum Gasteiger partial charge on any atom is 0.224 e. The fraction of sp³-hybridized carbons (Fsp3) is 0.350. The number of aryl methyl sites for hydroxylation is 1. The van der Waals surface area contributed by atoms with Crippen molar-refractivity contribution in [1.29, 1.82) is 0 Å². The van der Waals surface area contributed by atoms with E-state index >= 15 is 0 Å². The molecule has 0 unspecified atom stereocenters. The van der Waals surface area contributed by atoms with Gasteiger partial charge in [0.05, 0.1) is 6.20 Å². The minimum absolute atomic E-state index is 0.230. The molecule has 6 nitrogen and oxygen atoms in total. The number of piperidine rings is 1. The summed E-state index contributed by atoms with van der Waals surface area (Å²) in [4.78, 5) is 11.3. The topological polar surface area (TPSA) is 69.7 Å². The summed E-state index contributed by atoms with van der Waals surface area (Å²) in [6.07, 6.45) is 3.98. The zero-order chi connectivity index (χ0) is 18.8. The van der Waals surface area contributed by atoms with Crippen LogP contribution in [-0.2, 0) is 0 Å². The molecule has 1 aromatic carbocycles. The Labute approximate surface area is 157 Å². The fourth-order valence-corrected chi connectivity index (χ4v) is 3.71. The van der Waals surface area contributed by atoms with Crippen molar-refractivity contribution in [2.75, 3.05) is 30.4 Å². The highest BCUT2D eigenvalue weighted by atomic mass is 19.1. The van der Waals surface area contributed by atoms with Gasteiger partial charge in [0, 0.05) is 49.1 Å². The molecule has 1 fully saturated rings. The molecule has 1 aliphatic rings. The van der Waals surface area contributed by atoms with E-state index in [1.54, 1.807) is 12.1 Å². The van der Waals surface area contributed by atoms with E-state index in [9.17, 15) is 4.39 Å². The number of hydrogen-bond donors (Lipinski definition) is 2. The molecule has 3 heterocycles. The van der Waals surface area contributed by atoms with Gasteiger partial charge in [-0.15, -0.1) is 0 Å². The van der Waals surface area contributed by atoms with E-state index in [-0.39, 0.29) is 5.82 Å². The van der Waals surface area contributed by atoms with Crippen molar-refractivity contribution in [3.05, 3.63) is 53.7 Å². The molecule has 4 rings (SSSR count). The number of hydrogen-bond acceptors (Lipinski definition) is 5. The monoisotopic (exact) mass is 366 g/mol. The van der Waals surface area contributed by atoms with Gasteiger partial charge < -0.3 is 10.2 Å². The molecule has 0 spiro atoms. The molecule has 27 heavy (non-hydrogen) atoms. The first-order chi connectivity index (χ1) is 13.1. The molecule has 3 aromatic rings. The summed E-state index contributed by atoms with van der Waals surface area (Å²) < 4.78 is 13.3. The third kappa shape index (κ3) is 3.63. The minimum Gasteiger partial charge on any atom is -0.357 e. The number of nitrogens with zero attached hydrogens (tertiary/aromatic N) is 4. The van der Waals surface area contributed by atoms with Crippen LogP contribution in [0.2, 0.25) is 0 Å². The fourth-order valence-electron chi connectivity index (χ4n) is 3.71. The SMILES string of the molecule is CNc1nc(C)cc(N2CCC[C@@H](c3[nH]ncc3-c3ccc(F)cc3)C2)n1. The van der Waals surface area contributed by atoms with Crippen LogP contribution < -0.4 is 10.2 Å². The van der Waals surface area contributed by atoms with Crippen molar-refractivity contribution in [1.82, 2.24) is 20.2 Å². The Kier molecular flexibility index (Phi) is 4.75. The Morgan fingerprint density at radius 1 is 1.22 bits per heavy atom. The molecule has 0 amide bonds. The van der Waals surface area contributed by atoms with Crippen molar-refractivity contribution in [2.45, 2.75) is 25.7 Å². The van der Waals surface area contributed by atoms with Gasteiger partial charge in [-0.1, -0.05) is 12.1 Å². The number of aromatic nitrogens is 4. The normalized spacial score (nSPS) is 17.1. The minimum atomic E-state index is -0.230. The molecule has 2 aromatic heterocycles. The van der Waals surface area contributed by atoms with Gasteiger partial charge in [-0.25, -0.2) is 9.37 Å². The first-order valence-corrected chi connectivity index (χ1v) is 9.21. The van der Waals surface area contributed by atoms with Crippen LogP contribution in [0.1, 0.15) is 30.1 Å². The standard InChI is InChI=1S/C20H23FN6/c1-13-10-18(25-20(22-2)24-13)27-9-3-4-15(12-27)19-17(11-23-26-19)14-5-7-16(21)8-6-14/h5-8,10-11,15H,3-4,9,12H2,1-2H3,(H,23,26)(H,22,24,25)/t15-/m1/s1. The van der Waals surface area contributed by atoms with E-state index in [0.717, 1.165) is 54.3 Å². The number of anilines is 2. The number of nitrogens with one attached hydrogen (secondary N) is 2. The molecule has 7 heteroatoms. The lowest BCUT2D eigenvalue weighted by Crippen LogP contribution is -2.35. The van der Waals surface area contributed by atoms with Crippen molar-refractivity contribution < 1.29 is 4.39 Å². The first-order valence-electron chi connectivity index (χ1n) is 9.21. The van der Waals surface area contributed by atoms with E-state index in [1.165, 1.54) is 12.1 Å². The maximum atomic E-state index is 13.3. The zero-order valence-electron chi connectivity index (χ0n) is 15.5. The smallest absolute Gasteiger partial charge is 0.224 e. The molecular weight excluding hydrogens is 343 g/mol. The second-order valence-electron chi connectivity index (χ2n) is 6.93. The van der Waals surface area contributed by atoms with Gasteiger partial charge in [0.15, 0.2) is 0 Å². The zero-order valence-corrected chi connectivity index (χ0v) is 15.5. The summed E-state index contributed by atoms with van der Waals surface area (Å²) in [6, 6.07) is 8.61. The highest BCUT2D eigenvalue weighted by molar-refractivity contribution is 5.66. The third-order valence-electron chi connectivity index (χ3n) is 5.04. The van der Waals surface area contributed by atoms with Gasteiger partial charge in [-0.05, 0) is 37.5 Å². The number of H-pyrrole nitrogens is 1. The molecule has 0 saturated carbocycles. The van der Waals surface area contributed by atoms with Gasteiger partial charge in [0.25, 0.3) is 0 Å². The lowest BCUT2D eigenvalue weighted by Gasteiger charge is -2.33. The Morgan fingerprint density at radius 3 is 2.81 bits per heavy atom. The second kappa shape index (κ2) is 7.34. The average Bonchev–Trinajstić information content (AvgIpc) is 3.18. The third-order valence-corrected chi connectivity index (χ3v) is 5.04. The van der Waals surface area contributed by atoms with Crippen LogP contribution >= 0.6 is 0 Å². The van der Waals surface area contributed by atoms with Crippen LogP contribution in [-0.4, -0.2) is 40.3 Å². The molecule has 2 N–H and O–H groups in total. The van der Waals surface area contributed by atoms with E-state index < -0.39 is 0 Å². The molecule has 0 bridgehead atoms. The molecule has 0 radical (unpaired) electrons. The number of halogens is 1. The number of aromatic amines is 1. The van der Waals surface area contributed by atoms with Crippen LogP contribution in [0.5, 0.6) is 0 Å².